The van der Waals surface area contributed by atoms with E-state index in [4.69, 9.17) is 21.4 Å². The second-order valence-corrected chi connectivity index (χ2v) is 5.51. The molecule has 1 unspecified atom stereocenters. The summed E-state index contributed by atoms with van der Waals surface area (Å²) in [6, 6.07) is 3.76. The van der Waals surface area contributed by atoms with Crippen LogP contribution < -0.4 is 5.32 Å². The minimum atomic E-state index is -1.07. The zero-order valence-corrected chi connectivity index (χ0v) is 13.2. The van der Waals surface area contributed by atoms with Crippen molar-refractivity contribution in [2.75, 3.05) is 13.7 Å². The van der Waals surface area contributed by atoms with Crippen LogP contribution in [0.25, 0.3) is 0 Å². The summed E-state index contributed by atoms with van der Waals surface area (Å²) in [6.07, 6.45) is 0.851. The Morgan fingerprint density at radius 2 is 2.15 bits per heavy atom. The maximum absolute atomic E-state index is 12.0. The molecule has 0 heterocycles. The topological polar surface area (TPSA) is 75.6 Å². The number of aliphatic carboxylic acids is 1. The molecule has 2 N–H and O–H groups in total. The molecule has 0 bridgehead atoms. The number of rotatable bonds is 7. The fraction of sp³-hybridized carbons (Fsp3) is 0.385. The van der Waals surface area contributed by atoms with Crippen molar-refractivity contribution in [3.05, 3.63) is 33.3 Å². The van der Waals surface area contributed by atoms with Crippen LogP contribution >= 0.6 is 27.5 Å². The summed E-state index contributed by atoms with van der Waals surface area (Å²) in [4.78, 5) is 23.1. The Hall–Kier alpha value is -1.11. The van der Waals surface area contributed by atoms with Gasteiger partial charge in [0.25, 0.3) is 5.91 Å². The van der Waals surface area contributed by atoms with Crippen molar-refractivity contribution in [2.24, 2.45) is 0 Å². The van der Waals surface area contributed by atoms with Crippen molar-refractivity contribution in [1.82, 2.24) is 5.32 Å². The molecule has 0 aliphatic heterocycles. The second-order valence-electron chi connectivity index (χ2n) is 4.16. The van der Waals surface area contributed by atoms with Crippen molar-refractivity contribution < 1.29 is 19.4 Å². The minimum Gasteiger partial charge on any atom is -0.480 e. The molecule has 0 spiro atoms. The molecule has 0 radical (unpaired) electrons. The Morgan fingerprint density at radius 1 is 1.45 bits per heavy atom. The molecule has 7 heteroatoms. The summed E-state index contributed by atoms with van der Waals surface area (Å²) in [5.74, 6) is -1.55. The van der Waals surface area contributed by atoms with Gasteiger partial charge in [-0.1, -0.05) is 27.5 Å². The van der Waals surface area contributed by atoms with E-state index in [1.807, 2.05) is 0 Å². The summed E-state index contributed by atoms with van der Waals surface area (Å²) in [5.41, 5.74) is 0.308. The van der Waals surface area contributed by atoms with E-state index in [-0.39, 0.29) is 0 Å². The second kappa shape index (κ2) is 8.24. The first kappa shape index (κ1) is 16.9. The van der Waals surface area contributed by atoms with Crippen LogP contribution in [-0.2, 0) is 9.53 Å². The van der Waals surface area contributed by atoms with Gasteiger partial charge in [-0.05, 0) is 31.0 Å². The van der Waals surface area contributed by atoms with Gasteiger partial charge in [-0.15, -0.1) is 0 Å². The first-order valence-corrected chi connectivity index (χ1v) is 7.10. The third-order valence-corrected chi connectivity index (χ3v) is 3.25. The largest absolute Gasteiger partial charge is 0.480 e. The number of carbonyl (C=O) groups excluding carboxylic acids is 1. The van der Waals surface area contributed by atoms with Crippen molar-refractivity contribution >= 4 is 39.4 Å². The summed E-state index contributed by atoms with van der Waals surface area (Å²) >= 11 is 9.08. The summed E-state index contributed by atoms with van der Waals surface area (Å²) < 4.78 is 5.52. The SMILES string of the molecule is COCCCC(NC(=O)c1cc(Cl)cc(Br)c1)C(=O)O. The zero-order chi connectivity index (χ0) is 15.1. The van der Waals surface area contributed by atoms with Crippen molar-refractivity contribution in [3.8, 4) is 0 Å². The van der Waals surface area contributed by atoms with Gasteiger partial charge in [0.1, 0.15) is 6.04 Å². The van der Waals surface area contributed by atoms with Crippen molar-refractivity contribution in [1.29, 1.82) is 0 Å². The molecule has 1 rings (SSSR count). The highest BCUT2D eigenvalue weighted by molar-refractivity contribution is 9.10. The predicted molar refractivity (Wildman–Crippen MR) is 79.2 cm³/mol. The molecule has 0 aromatic heterocycles. The number of carboxylic acids is 1. The maximum atomic E-state index is 12.0. The quantitative estimate of drug-likeness (QED) is 0.730. The lowest BCUT2D eigenvalue weighted by atomic mass is 10.1. The van der Waals surface area contributed by atoms with Crippen LogP contribution in [0.5, 0.6) is 0 Å². The van der Waals surface area contributed by atoms with Gasteiger partial charge in [0, 0.05) is 28.8 Å². The molecular weight excluding hydrogens is 350 g/mol. The number of ether oxygens (including phenoxy) is 1. The molecular formula is C13H15BrClNO4. The molecule has 0 fully saturated rings. The van der Waals surface area contributed by atoms with Gasteiger partial charge < -0.3 is 15.2 Å². The Kier molecular flexibility index (Phi) is 6.98. The highest BCUT2D eigenvalue weighted by Gasteiger charge is 2.20. The summed E-state index contributed by atoms with van der Waals surface area (Å²) in [6.45, 7) is 0.447. The van der Waals surface area contributed by atoms with Crippen LogP contribution in [-0.4, -0.2) is 36.7 Å². The first-order chi connectivity index (χ1) is 9.43. The number of carbonyl (C=O) groups is 2. The Labute approximate surface area is 130 Å². The van der Waals surface area contributed by atoms with Crippen LogP contribution in [0, 0.1) is 0 Å². The van der Waals surface area contributed by atoms with Crippen LogP contribution in [0.2, 0.25) is 5.02 Å². The van der Waals surface area contributed by atoms with E-state index >= 15 is 0 Å². The lowest BCUT2D eigenvalue weighted by Crippen LogP contribution is -2.40. The van der Waals surface area contributed by atoms with E-state index in [2.05, 4.69) is 21.2 Å². The molecule has 110 valence electrons. The summed E-state index contributed by atoms with van der Waals surface area (Å²) in [7, 11) is 1.54. The summed E-state index contributed by atoms with van der Waals surface area (Å²) in [5, 5.41) is 12.0. The molecule has 0 aliphatic rings. The molecule has 20 heavy (non-hydrogen) atoms. The normalized spacial score (nSPS) is 11.9. The molecule has 0 saturated heterocycles. The molecule has 5 nitrogen and oxygen atoms in total. The molecule has 1 aromatic carbocycles. The lowest BCUT2D eigenvalue weighted by molar-refractivity contribution is -0.139. The standard InChI is InChI=1S/C13H15BrClNO4/c1-20-4-2-3-11(13(18)19)16-12(17)8-5-9(14)7-10(15)6-8/h5-7,11H,2-4H2,1H3,(H,16,17)(H,18,19). The van der Waals surface area contributed by atoms with Gasteiger partial charge in [0.2, 0.25) is 0 Å². The smallest absolute Gasteiger partial charge is 0.326 e. The Bertz CT molecular complexity index is 475. The van der Waals surface area contributed by atoms with Gasteiger partial charge in [0.05, 0.1) is 0 Å². The monoisotopic (exact) mass is 363 g/mol. The highest BCUT2D eigenvalue weighted by Crippen LogP contribution is 2.19. The Balaban J connectivity index is 2.72. The van der Waals surface area contributed by atoms with Gasteiger partial charge in [-0.3, -0.25) is 4.79 Å². The number of methoxy groups -OCH3 is 1. The van der Waals surface area contributed by atoms with Gasteiger partial charge in [0.15, 0.2) is 0 Å². The number of hydrogen-bond donors (Lipinski definition) is 2. The Morgan fingerprint density at radius 3 is 2.70 bits per heavy atom. The van der Waals surface area contributed by atoms with E-state index in [0.29, 0.717) is 34.5 Å². The van der Waals surface area contributed by atoms with E-state index in [1.165, 1.54) is 13.2 Å². The number of halogens is 2. The van der Waals surface area contributed by atoms with Gasteiger partial charge in [-0.25, -0.2) is 4.79 Å². The van der Waals surface area contributed by atoms with Crippen LogP contribution in [0.15, 0.2) is 22.7 Å². The minimum absolute atomic E-state index is 0.302. The van der Waals surface area contributed by atoms with E-state index in [0.717, 1.165) is 0 Å². The lowest BCUT2D eigenvalue weighted by Gasteiger charge is -2.14. The fourth-order valence-corrected chi connectivity index (χ4v) is 2.48. The number of hydrogen-bond acceptors (Lipinski definition) is 3. The fourth-order valence-electron chi connectivity index (χ4n) is 1.62. The highest BCUT2D eigenvalue weighted by atomic mass is 79.9. The van der Waals surface area contributed by atoms with Gasteiger partial charge in [-0.2, -0.15) is 0 Å². The van der Waals surface area contributed by atoms with Crippen molar-refractivity contribution in [3.63, 3.8) is 0 Å². The molecule has 1 atom stereocenters. The molecule has 1 amide bonds. The third kappa shape index (κ3) is 5.48. The van der Waals surface area contributed by atoms with Crippen molar-refractivity contribution in [2.45, 2.75) is 18.9 Å². The molecule has 0 saturated carbocycles. The van der Waals surface area contributed by atoms with Gasteiger partial charge >= 0.3 is 5.97 Å². The average molecular weight is 365 g/mol. The number of carboxylic acid groups (broad SMARTS) is 1. The molecule has 1 aromatic rings. The van der Waals surface area contributed by atoms with Crippen LogP contribution in [0.3, 0.4) is 0 Å². The van der Waals surface area contributed by atoms with Crippen LogP contribution in [0.1, 0.15) is 23.2 Å². The average Bonchev–Trinajstić information content (AvgIpc) is 2.36. The predicted octanol–water partition coefficient (Wildman–Crippen LogP) is 2.71. The van der Waals surface area contributed by atoms with E-state index in [9.17, 15) is 9.59 Å². The number of benzene rings is 1. The van der Waals surface area contributed by atoms with E-state index in [1.54, 1.807) is 12.1 Å². The third-order valence-electron chi connectivity index (χ3n) is 2.57. The zero-order valence-electron chi connectivity index (χ0n) is 10.9. The number of nitrogens with one attached hydrogen (secondary N) is 1. The number of amides is 1. The van der Waals surface area contributed by atoms with E-state index < -0.39 is 17.9 Å². The maximum Gasteiger partial charge on any atom is 0.326 e. The van der Waals surface area contributed by atoms with Crippen LogP contribution in [0.4, 0.5) is 0 Å². The molecule has 0 aliphatic carbocycles. The first-order valence-electron chi connectivity index (χ1n) is 5.92.